The van der Waals surface area contributed by atoms with Crippen LogP contribution in [-0.4, -0.2) is 39.2 Å². The Morgan fingerprint density at radius 2 is 2.20 bits per heavy atom. The Balaban J connectivity index is 2.18. The van der Waals surface area contributed by atoms with Gasteiger partial charge in [0.25, 0.3) is 11.6 Å². The van der Waals surface area contributed by atoms with Gasteiger partial charge in [-0.15, -0.1) is 11.3 Å². The van der Waals surface area contributed by atoms with Crippen molar-refractivity contribution in [2.75, 3.05) is 11.9 Å². The number of hydrogen-bond donors (Lipinski definition) is 1. The Morgan fingerprint density at radius 1 is 1.44 bits per heavy atom. The number of nitro groups is 1. The highest BCUT2D eigenvalue weighted by molar-refractivity contribution is 7.13. The highest BCUT2D eigenvalue weighted by Gasteiger charge is 2.24. The summed E-state index contributed by atoms with van der Waals surface area (Å²) in [7, 11) is 0. The van der Waals surface area contributed by atoms with E-state index >= 15 is 0 Å². The molecule has 1 aromatic carbocycles. The summed E-state index contributed by atoms with van der Waals surface area (Å²) in [4.78, 5) is 40.7. The highest BCUT2D eigenvalue weighted by atomic mass is 32.1. The summed E-state index contributed by atoms with van der Waals surface area (Å²) in [6.45, 7) is 3.57. The first kappa shape index (κ1) is 18.5. The van der Waals surface area contributed by atoms with Crippen LogP contribution in [0.1, 0.15) is 30.6 Å². The molecule has 0 spiro atoms. The largest absolute Gasteiger partial charge is 0.327 e. The number of hydrogen-bond acceptors (Lipinski definition) is 6. The predicted molar refractivity (Wildman–Crippen MR) is 94.6 cm³/mol. The fourth-order valence-electron chi connectivity index (χ4n) is 2.17. The lowest BCUT2D eigenvalue weighted by Gasteiger charge is -2.28. The molecule has 8 nitrogen and oxygen atoms in total. The van der Waals surface area contributed by atoms with Gasteiger partial charge >= 0.3 is 0 Å². The van der Waals surface area contributed by atoms with Gasteiger partial charge in [0, 0.05) is 35.3 Å². The fourth-order valence-corrected chi connectivity index (χ4v) is 2.71. The number of nitro benzene ring substituents is 1. The second kappa shape index (κ2) is 8.34. The van der Waals surface area contributed by atoms with Gasteiger partial charge in [-0.3, -0.25) is 19.7 Å². The van der Waals surface area contributed by atoms with Crippen LogP contribution in [0.3, 0.4) is 0 Å². The third kappa shape index (κ3) is 4.83. The molecule has 0 saturated heterocycles. The lowest BCUT2D eigenvalue weighted by molar-refractivity contribution is -0.384. The van der Waals surface area contributed by atoms with E-state index in [1.165, 1.54) is 40.5 Å². The van der Waals surface area contributed by atoms with Crippen molar-refractivity contribution in [2.24, 2.45) is 0 Å². The SMILES string of the molecule is CCC(C)N(CC(=O)Nc1nccs1)C(=O)c1cccc([N+](=O)[O-])c1. The quantitative estimate of drug-likeness (QED) is 0.602. The highest BCUT2D eigenvalue weighted by Crippen LogP contribution is 2.17. The molecule has 0 bridgehead atoms. The number of rotatable bonds is 7. The predicted octanol–water partition coefficient (Wildman–Crippen LogP) is 2.93. The zero-order valence-corrected chi connectivity index (χ0v) is 14.7. The lowest BCUT2D eigenvalue weighted by Crippen LogP contribution is -2.43. The summed E-state index contributed by atoms with van der Waals surface area (Å²) in [6, 6.07) is 5.30. The molecule has 1 aromatic heterocycles. The van der Waals surface area contributed by atoms with Crippen LogP contribution in [-0.2, 0) is 4.79 Å². The second-order valence-electron chi connectivity index (χ2n) is 5.38. The van der Waals surface area contributed by atoms with Crippen LogP contribution in [0.5, 0.6) is 0 Å². The number of nitrogens with zero attached hydrogens (tertiary/aromatic N) is 3. The maximum Gasteiger partial charge on any atom is 0.270 e. The minimum atomic E-state index is -0.556. The number of carbonyl (C=O) groups is 2. The first-order valence-electron chi connectivity index (χ1n) is 7.67. The number of anilines is 1. The second-order valence-corrected chi connectivity index (χ2v) is 6.28. The van der Waals surface area contributed by atoms with E-state index in [2.05, 4.69) is 10.3 Å². The summed E-state index contributed by atoms with van der Waals surface area (Å²) < 4.78 is 0. The van der Waals surface area contributed by atoms with Crippen molar-refractivity contribution in [1.29, 1.82) is 0 Å². The summed E-state index contributed by atoms with van der Waals surface area (Å²) in [5.41, 5.74) is 0.0127. The Morgan fingerprint density at radius 3 is 2.80 bits per heavy atom. The van der Waals surface area contributed by atoms with E-state index < -0.39 is 10.8 Å². The topological polar surface area (TPSA) is 105 Å². The number of carbonyl (C=O) groups excluding carboxylic acids is 2. The van der Waals surface area contributed by atoms with E-state index in [0.717, 1.165) is 0 Å². The summed E-state index contributed by atoms with van der Waals surface area (Å²) in [6.07, 6.45) is 2.21. The molecule has 2 rings (SSSR count). The molecule has 132 valence electrons. The lowest BCUT2D eigenvalue weighted by atomic mass is 10.1. The normalized spacial score (nSPS) is 11.6. The zero-order chi connectivity index (χ0) is 18.4. The number of non-ortho nitro benzene ring substituents is 1. The molecule has 9 heteroatoms. The Kier molecular flexibility index (Phi) is 6.18. The molecule has 1 N–H and O–H groups in total. The molecule has 0 aliphatic heterocycles. The number of benzene rings is 1. The van der Waals surface area contributed by atoms with E-state index in [1.807, 2.05) is 13.8 Å². The fraction of sp³-hybridized carbons (Fsp3) is 0.312. The molecule has 0 aliphatic carbocycles. The molecule has 0 fully saturated rings. The summed E-state index contributed by atoms with van der Waals surface area (Å²) >= 11 is 1.28. The first-order chi connectivity index (χ1) is 11.9. The molecule has 1 heterocycles. The molecule has 0 aliphatic rings. The van der Waals surface area contributed by atoms with Gasteiger partial charge in [-0.25, -0.2) is 4.98 Å². The number of nitrogens with one attached hydrogen (secondary N) is 1. The number of aromatic nitrogens is 1. The number of thiazole rings is 1. The molecule has 0 radical (unpaired) electrons. The van der Waals surface area contributed by atoms with Crippen LogP contribution < -0.4 is 5.32 Å². The van der Waals surface area contributed by atoms with Crippen molar-refractivity contribution in [1.82, 2.24) is 9.88 Å². The van der Waals surface area contributed by atoms with E-state index in [9.17, 15) is 19.7 Å². The van der Waals surface area contributed by atoms with Crippen LogP contribution in [0.4, 0.5) is 10.8 Å². The molecule has 25 heavy (non-hydrogen) atoms. The number of amides is 2. The molecular formula is C16H18N4O4S. The Bertz CT molecular complexity index is 763. The monoisotopic (exact) mass is 362 g/mol. The minimum Gasteiger partial charge on any atom is -0.327 e. The minimum absolute atomic E-state index is 0.157. The van der Waals surface area contributed by atoms with Gasteiger partial charge in [-0.1, -0.05) is 13.0 Å². The van der Waals surface area contributed by atoms with Gasteiger partial charge in [-0.2, -0.15) is 0 Å². The Hall–Kier alpha value is -2.81. The maximum atomic E-state index is 12.8. The average molecular weight is 362 g/mol. The molecule has 2 amide bonds. The third-order valence-corrected chi connectivity index (χ3v) is 4.37. The van der Waals surface area contributed by atoms with Gasteiger partial charge in [-0.05, 0) is 19.4 Å². The zero-order valence-electron chi connectivity index (χ0n) is 13.8. The van der Waals surface area contributed by atoms with E-state index in [1.54, 1.807) is 11.6 Å². The Labute approximate surface area is 148 Å². The van der Waals surface area contributed by atoms with Crippen molar-refractivity contribution in [3.05, 3.63) is 51.5 Å². The van der Waals surface area contributed by atoms with Gasteiger partial charge in [0.2, 0.25) is 5.91 Å². The van der Waals surface area contributed by atoms with Crippen molar-refractivity contribution in [2.45, 2.75) is 26.3 Å². The molecule has 0 saturated carbocycles. The van der Waals surface area contributed by atoms with Crippen LogP contribution in [0.15, 0.2) is 35.8 Å². The van der Waals surface area contributed by atoms with Crippen LogP contribution in [0, 0.1) is 10.1 Å². The van der Waals surface area contributed by atoms with E-state index in [-0.39, 0.29) is 29.7 Å². The van der Waals surface area contributed by atoms with Crippen molar-refractivity contribution in [3.8, 4) is 0 Å². The van der Waals surface area contributed by atoms with E-state index in [4.69, 9.17) is 0 Å². The standard InChI is InChI=1S/C16H18N4O4S/c1-3-11(2)19(10-14(21)18-16-17-7-8-25-16)15(22)12-5-4-6-13(9-12)20(23)24/h4-9,11H,3,10H2,1-2H3,(H,17,18,21). The van der Waals surface area contributed by atoms with Gasteiger partial charge in [0.1, 0.15) is 6.54 Å². The first-order valence-corrected chi connectivity index (χ1v) is 8.55. The summed E-state index contributed by atoms with van der Waals surface area (Å²) in [5.74, 6) is -0.790. The third-order valence-electron chi connectivity index (χ3n) is 3.68. The molecule has 1 unspecified atom stereocenters. The molecular weight excluding hydrogens is 344 g/mol. The van der Waals surface area contributed by atoms with Crippen molar-refractivity contribution in [3.63, 3.8) is 0 Å². The van der Waals surface area contributed by atoms with Gasteiger partial charge in [0.05, 0.1) is 4.92 Å². The van der Waals surface area contributed by atoms with E-state index in [0.29, 0.717) is 11.6 Å². The van der Waals surface area contributed by atoms with Crippen molar-refractivity contribution < 1.29 is 14.5 Å². The van der Waals surface area contributed by atoms with Crippen LogP contribution >= 0.6 is 11.3 Å². The summed E-state index contributed by atoms with van der Waals surface area (Å²) in [5, 5.41) is 15.7. The molecule has 2 aromatic rings. The van der Waals surface area contributed by atoms with Gasteiger partial charge < -0.3 is 10.2 Å². The molecule has 1 atom stereocenters. The van der Waals surface area contributed by atoms with Crippen molar-refractivity contribution >= 4 is 34.0 Å². The smallest absolute Gasteiger partial charge is 0.270 e. The van der Waals surface area contributed by atoms with Crippen LogP contribution in [0.25, 0.3) is 0 Å². The maximum absolute atomic E-state index is 12.8. The average Bonchev–Trinajstić information content (AvgIpc) is 3.11. The van der Waals surface area contributed by atoms with Gasteiger partial charge in [0.15, 0.2) is 5.13 Å². The van der Waals surface area contributed by atoms with Crippen LogP contribution in [0.2, 0.25) is 0 Å².